The van der Waals surface area contributed by atoms with Gasteiger partial charge in [-0.2, -0.15) is 0 Å². The lowest BCUT2D eigenvalue weighted by Gasteiger charge is -2.24. The molecule has 0 aliphatic carbocycles. The molecule has 0 bridgehead atoms. The van der Waals surface area contributed by atoms with Gasteiger partial charge in [-0.25, -0.2) is 4.98 Å². The molecule has 0 atom stereocenters. The van der Waals surface area contributed by atoms with Crippen LogP contribution in [0.25, 0.3) is 0 Å². The Labute approximate surface area is 124 Å². The molecule has 0 saturated heterocycles. The standard InChI is InChI=1S/C16H18N2OS/c1-4-10-19-14-8-6-5-7-13(14)12-18-16(2,3)15-17-9-11-20-15/h1,5-9,11,18H,10,12H2,2-3H3. The third-order valence-corrected chi connectivity index (χ3v) is 4.07. The Hall–Kier alpha value is -1.83. The van der Waals surface area contributed by atoms with Crippen molar-refractivity contribution in [3.05, 3.63) is 46.4 Å². The largest absolute Gasteiger partial charge is 0.481 e. The fraction of sp³-hybridized carbons (Fsp3) is 0.312. The van der Waals surface area contributed by atoms with Crippen LogP contribution in [0.3, 0.4) is 0 Å². The van der Waals surface area contributed by atoms with E-state index in [4.69, 9.17) is 11.2 Å². The Kier molecular flexibility index (Phi) is 4.78. The van der Waals surface area contributed by atoms with Crippen LogP contribution in [-0.2, 0) is 12.1 Å². The van der Waals surface area contributed by atoms with Crippen molar-refractivity contribution in [2.45, 2.75) is 25.9 Å². The third-order valence-electron chi connectivity index (χ3n) is 2.97. The van der Waals surface area contributed by atoms with E-state index in [1.807, 2.05) is 35.8 Å². The van der Waals surface area contributed by atoms with Gasteiger partial charge in [-0.05, 0) is 19.9 Å². The summed E-state index contributed by atoms with van der Waals surface area (Å²) in [5.74, 6) is 3.31. The van der Waals surface area contributed by atoms with Crippen molar-refractivity contribution in [3.8, 4) is 18.1 Å². The summed E-state index contributed by atoms with van der Waals surface area (Å²) in [5.41, 5.74) is 0.917. The van der Waals surface area contributed by atoms with Gasteiger partial charge in [0.15, 0.2) is 0 Å². The minimum absolute atomic E-state index is 0.173. The Morgan fingerprint density at radius 1 is 1.40 bits per heavy atom. The highest BCUT2D eigenvalue weighted by atomic mass is 32.1. The Balaban J connectivity index is 2.06. The summed E-state index contributed by atoms with van der Waals surface area (Å²) in [4.78, 5) is 4.37. The van der Waals surface area contributed by atoms with Crippen molar-refractivity contribution in [2.24, 2.45) is 0 Å². The first-order valence-electron chi connectivity index (χ1n) is 6.42. The molecule has 20 heavy (non-hydrogen) atoms. The van der Waals surface area contributed by atoms with Crippen LogP contribution in [0.4, 0.5) is 0 Å². The summed E-state index contributed by atoms with van der Waals surface area (Å²) in [6.45, 7) is 5.23. The van der Waals surface area contributed by atoms with E-state index in [0.717, 1.165) is 16.3 Å². The Bertz CT molecular complexity index is 585. The van der Waals surface area contributed by atoms with Crippen LogP contribution in [0.5, 0.6) is 5.75 Å². The minimum atomic E-state index is -0.173. The number of terminal acetylenes is 1. The average Bonchev–Trinajstić information content (AvgIpc) is 2.99. The van der Waals surface area contributed by atoms with Gasteiger partial charge in [-0.1, -0.05) is 24.1 Å². The average molecular weight is 286 g/mol. The SMILES string of the molecule is C#CCOc1ccccc1CNC(C)(C)c1nccs1. The third kappa shape index (κ3) is 3.60. The van der Waals surface area contributed by atoms with Crippen molar-refractivity contribution >= 4 is 11.3 Å². The van der Waals surface area contributed by atoms with Crippen LogP contribution in [0, 0.1) is 12.3 Å². The first-order chi connectivity index (χ1) is 9.63. The number of hydrogen-bond donors (Lipinski definition) is 1. The van der Waals surface area contributed by atoms with E-state index in [0.29, 0.717) is 6.54 Å². The summed E-state index contributed by atoms with van der Waals surface area (Å²) >= 11 is 1.65. The highest BCUT2D eigenvalue weighted by molar-refractivity contribution is 7.09. The monoisotopic (exact) mass is 286 g/mol. The van der Waals surface area contributed by atoms with Crippen LogP contribution in [0.2, 0.25) is 0 Å². The maximum absolute atomic E-state index is 5.55. The molecule has 1 aromatic carbocycles. The summed E-state index contributed by atoms with van der Waals surface area (Å²) in [6.07, 6.45) is 7.06. The summed E-state index contributed by atoms with van der Waals surface area (Å²) in [5, 5.41) is 6.57. The van der Waals surface area contributed by atoms with Crippen LogP contribution >= 0.6 is 11.3 Å². The molecule has 4 heteroatoms. The molecule has 2 rings (SSSR count). The molecule has 1 aromatic heterocycles. The molecular weight excluding hydrogens is 268 g/mol. The van der Waals surface area contributed by atoms with Crippen molar-refractivity contribution in [2.75, 3.05) is 6.61 Å². The zero-order chi connectivity index (χ0) is 14.4. The number of ether oxygens (including phenoxy) is 1. The second-order valence-corrected chi connectivity index (χ2v) is 5.81. The lowest BCUT2D eigenvalue weighted by molar-refractivity contribution is 0.355. The molecule has 0 saturated carbocycles. The van der Waals surface area contributed by atoms with Crippen LogP contribution in [0.1, 0.15) is 24.4 Å². The van der Waals surface area contributed by atoms with E-state index in [1.54, 1.807) is 11.3 Å². The Morgan fingerprint density at radius 3 is 2.90 bits per heavy atom. The van der Waals surface area contributed by atoms with Gasteiger partial charge in [0.2, 0.25) is 0 Å². The lowest BCUT2D eigenvalue weighted by Crippen LogP contribution is -2.35. The fourth-order valence-corrected chi connectivity index (χ4v) is 2.57. The van der Waals surface area contributed by atoms with E-state index in [1.165, 1.54) is 0 Å². The predicted molar refractivity (Wildman–Crippen MR) is 82.7 cm³/mol. The molecule has 1 heterocycles. The number of benzene rings is 1. The van der Waals surface area contributed by atoms with Crippen LogP contribution < -0.4 is 10.1 Å². The zero-order valence-electron chi connectivity index (χ0n) is 11.7. The normalized spacial score (nSPS) is 11.1. The number of nitrogens with one attached hydrogen (secondary N) is 1. The quantitative estimate of drug-likeness (QED) is 0.828. The second-order valence-electron chi connectivity index (χ2n) is 4.92. The first-order valence-corrected chi connectivity index (χ1v) is 7.30. The molecule has 2 aromatic rings. The van der Waals surface area contributed by atoms with E-state index in [9.17, 15) is 0 Å². The van der Waals surface area contributed by atoms with Gasteiger partial charge in [0.25, 0.3) is 0 Å². The van der Waals surface area contributed by atoms with Gasteiger partial charge in [0.1, 0.15) is 17.4 Å². The van der Waals surface area contributed by atoms with Crippen molar-refractivity contribution in [3.63, 3.8) is 0 Å². The number of rotatable bonds is 6. The topological polar surface area (TPSA) is 34.1 Å². The van der Waals surface area contributed by atoms with Crippen molar-refractivity contribution in [1.82, 2.24) is 10.3 Å². The number of nitrogens with zero attached hydrogens (tertiary/aromatic N) is 1. The number of thiazole rings is 1. The molecular formula is C16H18N2OS. The van der Waals surface area contributed by atoms with Gasteiger partial charge in [-0.3, -0.25) is 0 Å². The molecule has 0 fully saturated rings. The summed E-state index contributed by atoms with van der Waals surface area (Å²) in [6, 6.07) is 7.92. The van der Waals surface area contributed by atoms with Gasteiger partial charge < -0.3 is 10.1 Å². The maximum Gasteiger partial charge on any atom is 0.148 e. The van der Waals surface area contributed by atoms with E-state index in [-0.39, 0.29) is 12.1 Å². The maximum atomic E-state index is 5.55. The molecule has 0 unspecified atom stereocenters. The number of para-hydroxylation sites is 1. The van der Waals surface area contributed by atoms with E-state index in [2.05, 4.69) is 30.1 Å². The van der Waals surface area contributed by atoms with Gasteiger partial charge >= 0.3 is 0 Å². The van der Waals surface area contributed by atoms with Crippen LogP contribution in [-0.4, -0.2) is 11.6 Å². The van der Waals surface area contributed by atoms with Gasteiger partial charge in [0, 0.05) is 23.7 Å². The molecule has 104 valence electrons. The smallest absolute Gasteiger partial charge is 0.148 e. The number of hydrogen-bond acceptors (Lipinski definition) is 4. The molecule has 1 N–H and O–H groups in total. The molecule has 0 radical (unpaired) electrons. The highest BCUT2D eigenvalue weighted by Gasteiger charge is 2.22. The predicted octanol–water partition coefficient (Wildman–Crippen LogP) is 3.18. The molecule has 3 nitrogen and oxygen atoms in total. The van der Waals surface area contributed by atoms with Crippen LogP contribution in [0.15, 0.2) is 35.8 Å². The van der Waals surface area contributed by atoms with Gasteiger partial charge in [-0.15, -0.1) is 17.8 Å². The zero-order valence-corrected chi connectivity index (χ0v) is 12.5. The van der Waals surface area contributed by atoms with Crippen molar-refractivity contribution in [1.29, 1.82) is 0 Å². The van der Waals surface area contributed by atoms with E-state index < -0.39 is 0 Å². The first kappa shape index (κ1) is 14.6. The molecule has 0 aliphatic rings. The summed E-state index contributed by atoms with van der Waals surface area (Å²) < 4.78 is 5.55. The van der Waals surface area contributed by atoms with E-state index >= 15 is 0 Å². The lowest BCUT2D eigenvalue weighted by atomic mass is 10.1. The molecule has 0 spiro atoms. The number of aromatic nitrogens is 1. The van der Waals surface area contributed by atoms with Crippen molar-refractivity contribution < 1.29 is 4.74 Å². The van der Waals surface area contributed by atoms with Gasteiger partial charge in [0.05, 0.1) is 5.54 Å². The fourth-order valence-electron chi connectivity index (χ4n) is 1.83. The highest BCUT2D eigenvalue weighted by Crippen LogP contribution is 2.24. The molecule has 0 amide bonds. The summed E-state index contributed by atoms with van der Waals surface area (Å²) in [7, 11) is 0. The second kappa shape index (κ2) is 6.56. The Morgan fingerprint density at radius 2 is 2.20 bits per heavy atom. The molecule has 0 aliphatic heterocycles. The minimum Gasteiger partial charge on any atom is -0.481 e.